The van der Waals surface area contributed by atoms with Gasteiger partial charge in [-0.05, 0) is 31.9 Å². The van der Waals surface area contributed by atoms with Crippen molar-refractivity contribution in [3.05, 3.63) is 30.1 Å². The number of carbonyl (C=O) groups excluding carboxylic acids is 1. The fourth-order valence-electron chi connectivity index (χ4n) is 1.65. The monoisotopic (exact) mass is 268 g/mol. The van der Waals surface area contributed by atoms with E-state index in [4.69, 9.17) is 5.73 Å². The van der Waals surface area contributed by atoms with E-state index in [0.29, 0.717) is 16.7 Å². The molecule has 1 aromatic rings. The van der Waals surface area contributed by atoms with Crippen LogP contribution in [0.2, 0.25) is 0 Å². The van der Waals surface area contributed by atoms with Crippen molar-refractivity contribution in [3.8, 4) is 0 Å². The number of benzene rings is 1. The molecule has 1 fully saturated rings. The average Bonchev–Trinajstić information content (AvgIpc) is 3.11. The third-order valence-corrected chi connectivity index (χ3v) is 4.36. The Balaban J connectivity index is 2.01. The Morgan fingerprint density at radius 3 is 2.78 bits per heavy atom. The summed E-state index contributed by atoms with van der Waals surface area (Å²) >= 11 is 1.31. The van der Waals surface area contributed by atoms with Gasteiger partial charge in [0.05, 0.1) is 0 Å². The maximum absolute atomic E-state index is 13.5. The highest BCUT2D eigenvalue weighted by molar-refractivity contribution is 7.99. The highest BCUT2D eigenvalue weighted by atomic mass is 32.2. The smallest absolute Gasteiger partial charge is 0.238 e. The Kier molecular flexibility index (Phi) is 3.92. The number of nitrogens with one attached hydrogen (secondary N) is 1. The van der Waals surface area contributed by atoms with Crippen molar-refractivity contribution >= 4 is 17.7 Å². The lowest BCUT2D eigenvalue weighted by Crippen LogP contribution is -2.55. The minimum absolute atomic E-state index is 0.263. The Morgan fingerprint density at radius 2 is 2.22 bits per heavy atom. The fourth-order valence-corrected chi connectivity index (χ4v) is 2.70. The molecule has 1 saturated carbocycles. The molecule has 2 rings (SSSR count). The van der Waals surface area contributed by atoms with Crippen LogP contribution < -0.4 is 11.1 Å². The van der Waals surface area contributed by atoms with E-state index in [-0.39, 0.29) is 5.82 Å². The first-order chi connectivity index (χ1) is 8.51. The third-order valence-electron chi connectivity index (χ3n) is 3.00. The zero-order chi connectivity index (χ0) is 13.2. The molecule has 5 heteroatoms. The van der Waals surface area contributed by atoms with E-state index >= 15 is 0 Å². The molecule has 0 bridgehead atoms. The zero-order valence-electron chi connectivity index (χ0n) is 10.3. The van der Waals surface area contributed by atoms with E-state index < -0.39 is 11.4 Å². The van der Waals surface area contributed by atoms with Gasteiger partial charge >= 0.3 is 0 Å². The average molecular weight is 268 g/mol. The molecule has 3 nitrogen and oxygen atoms in total. The lowest BCUT2D eigenvalue weighted by Gasteiger charge is -2.27. The maximum atomic E-state index is 13.5. The van der Waals surface area contributed by atoms with Crippen LogP contribution in [0.25, 0.3) is 0 Å². The maximum Gasteiger partial charge on any atom is 0.238 e. The lowest BCUT2D eigenvalue weighted by molar-refractivity contribution is -0.123. The standard InChI is InChI=1S/C13H17FN2OS/c1-13(12(15)17,16-9-6-7-9)8-18-11-5-3-2-4-10(11)14/h2-5,9,16H,6-8H2,1H3,(H2,15,17). The van der Waals surface area contributed by atoms with Crippen LogP contribution >= 0.6 is 11.8 Å². The Morgan fingerprint density at radius 1 is 1.56 bits per heavy atom. The summed E-state index contributed by atoms with van der Waals surface area (Å²) in [6.07, 6.45) is 2.15. The molecule has 18 heavy (non-hydrogen) atoms. The first kappa shape index (κ1) is 13.4. The van der Waals surface area contributed by atoms with Gasteiger partial charge in [-0.15, -0.1) is 11.8 Å². The van der Waals surface area contributed by atoms with Gasteiger partial charge in [-0.25, -0.2) is 4.39 Å². The molecule has 1 unspecified atom stereocenters. The summed E-state index contributed by atoms with van der Waals surface area (Å²) in [6, 6.07) is 6.93. The molecule has 1 aliphatic rings. The molecule has 0 saturated heterocycles. The van der Waals surface area contributed by atoms with Crippen LogP contribution in [0, 0.1) is 5.82 Å². The van der Waals surface area contributed by atoms with Gasteiger partial charge in [-0.3, -0.25) is 4.79 Å². The zero-order valence-corrected chi connectivity index (χ0v) is 11.1. The molecule has 1 atom stereocenters. The van der Waals surface area contributed by atoms with Crippen molar-refractivity contribution in [2.75, 3.05) is 5.75 Å². The quantitative estimate of drug-likeness (QED) is 0.775. The summed E-state index contributed by atoms with van der Waals surface area (Å²) in [5, 5.41) is 3.24. The molecular weight excluding hydrogens is 251 g/mol. The third kappa shape index (κ3) is 3.23. The number of rotatable bonds is 6. The predicted molar refractivity (Wildman–Crippen MR) is 70.9 cm³/mol. The molecule has 0 aromatic heterocycles. The van der Waals surface area contributed by atoms with Crippen LogP contribution in [0.3, 0.4) is 0 Å². The van der Waals surface area contributed by atoms with E-state index in [0.717, 1.165) is 12.8 Å². The number of nitrogens with two attached hydrogens (primary N) is 1. The molecule has 1 aliphatic carbocycles. The fraction of sp³-hybridized carbons (Fsp3) is 0.462. The Bertz CT molecular complexity index is 450. The molecule has 98 valence electrons. The van der Waals surface area contributed by atoms with Crippen LogP contribution in [0.5, 0.6) is 0 Å². The largest absolute Gasteiger partial charge is 0.368 e. The summed E-state index contributed by atoms with van der Waals surface area (Å²) in [6.45, 7) is 1.78. The van der Waals surface area contributed by atoms with Gasteiger partial charge in [0.2, 0.25) is 5.91 Å². The van der Waals surface area contributed by atoms with E-state index in [9.17, 15) is 9.18 Å². The van der Waals surface area contributed by atoms with Gasteiger partial charge in [-0.2, -0.15) is 0 Å². The predicted octanol–water partition coefficient (Wildman–Crippen LogP) is 1.91. The van der Waals surface area contributed by atoms with Crippen LogP contribution in [0.15, 0.2) is 29.2 Å². The van der Waals surface area contributed by atoms with Crippen LogP contribution in [-0.2, 0) is 4.79 Å². The van der Waals surface area contributed by atoms with Crippen LogP contribution in [-0.4, -0.2) is 23.2 Å². The van der Waals surface area contributed by atoms with E-state index in [1.807, 2.05) is 0 Å². The van der Waals surface area contributed by atoms with Crippen molar-refractivity contribution in [1.82, 2.24) is 5.32 Å². The van der Waals surface area contributed by atoms with Gasteiger partial charge < -0.3 is 11.1 Å². The van der Waals surface area contributed by atoms with Crippen molar-refractivity contribution in [2.24, 2.45) is 5.73 Å². The number of primary amides is 1. The van der Waals surface area contributed by atoms with E-state index in [1.165, 1.54) is 17.8 Å². The molecular formula is C13H17FN2OS. The second kappa shape index (κ2) is 5.28. The first-order valence-corrected chi connectivity index (χ1v) is 6.95. The van der Waals surface area contributed by atoms with Crippen molar-refractivity contribution in [2.45, 2.75) is 36.2 Å². The van der Waals surface area contributed by atoms with Gasteiger partial charge in [0.1, 0.15) is 11.4 Å². The number of thioether (sulfide) groups is 1. The molecule has 3 N–H and O–H groups in total. The van der Waals surface area contributed by atoms with Crippen LogP contribution in [0.1, 0.15) is 19.8 Å². The number of amides is 1. The number of carbonyl (C=O) groups is 1. The van der Waals surface area contributed by atoms with Crippen molar-refractivity contribution in [3.63, 3.8) is 0 Å². The summed E-state index contributed by atoms with van der Waals surface area (Å²) in [5.41, 5.74) is 4.66. The summed E-state index contributed by atoms with van der Waals surface area (Å²) in [5.74, 6) is -0.223. The number of halogens is 1. The highest BCUT2D eigenvalue weighted by Crippen LogP contribution is 2.28. The molecule has 1 aromatic carbocycles. The molecule has 1 amide bonds. The van der Waals surface area contributed by atoms with Gasteiger partial charge in [0, 0.05) is 16.7 Å². The van der Waals surface area contributed by atoms with Crippen molar-refractivity contribution < 1.29 is 9.18 Å². The van der Waals surface area contributed by atoms with E-state index in [2.05, 4.69) is 5.32 Å². The van der Waals surface area contributed by atoms with Crippen LogP contribution in [0.4, 0.5) is 4.39 Å². The molecule has 0 heterocycles. The lowest BCUT2D eigenvalue weighted by atomic mass is 10.1. The first-order valence-electron chi connectivity index (χ1n) is 5.96. The Hall–Kier alpha value is -1.07. The minimum Gasteiger partial charge on any atom is -0.368 e. The highest BCUT2D eigenvalue weighted by Gasteiger charge is 2.37. The normalized spacial score (nSPS) is 18.3. The summed E-state index contributed by atoms with van der Waals surface area (Å²) in [7, 11) is 0. The van der Waals surface area contributed by atoms with Gasteiger partial charge in [0.25, 0.3) is 0 Å². The summed E-state index contributed by atoms with van der Waals surface area (Å²) in [4.78, 5) is 12.1. The SMILES string of the molecule is CC(CSc1ccccc1F)(NC1CC1)C(N)=O. The van der Waals surface area contributed by atoms with E-state index in [1.54, 1.807) is 25.1 Å². The second-order valence-electron chi connectivity index (χ2n) is 4.83. The molecule has 0 radical (unpaired) electrons. The summed E-state index contributed by atoms with van der Waals surface area (Å²) < 4.78 is 13.5. The topological polar surface area (TPSA) is 55.1 Å². The molecule has 0 spiro atoms. The second-order valence-corrected chi connectivity index (χ2v) is 5.85. The minimum atomic E-state index is -0.784. The number of hydrogen-bond donors (Lipinski definition) is 2. The Labute approximate surface area is 110 Å². The van der Waals surface area contributed by atoms with Gasteiger partial charge in [-0.1, -0.05) is 12.1 Å². The molecule has 0 aliphatic heterocycles. The van der Waals surface area contributed by atoms with Crippen molar-refractivity contribution in [1.29, 1.82) is 0 Å². The van der Waals surface area contributed by atoms with Gasteiger partial charge in [0.15, 0.2) is 0 Å². The number of hydrogen-bond acceptors (Lipinski definition) is 3.